The number of allylic oxidation sites excluding steroid dienone is 1. The Balaban J connectivity index is 1.21. The van der Waals surface area contributed by atoms with Crippen molar-refractivity contribution in [2.45, 2.75) is 88.2 Å². The highest BCUT2D eigenvalue weighted by molar-refractivity contribution is 7.91. The standard InChI is InChI=1S/C40H47N5O9S/c1-5-24-23-40(24,37(48)44-55(50,51)27-15-16-27)41-35(46)32-21-26-22-33(32)36(47)45(42-38(49)53-39(2,3)4)18-10-6-7-11-19-52-25-14-17-29-28-12-8-9-13-30(28)34(43-54-26)31(29)20-25/h5,7-9,11-14,17,20,24,26-27,32-33H,1,6,10,15-16,18-19,21-23H2,2-4H3,(H,41,46)(H,42,49)(H,44,48)/b11-7+,43-34+/t24-,26-,32-,33-,40-/m1/s1. The van der Waals surface area contributed by atoms with Gasteiger partial charge in [0.15, 0.2) is 0 Å². The molecule has 4 bridgehead atoms. The van der Waals surface area contributed by atoms with E-state index in [4.69, 9.17) is 14.3 Å². The summed E-state index contributed by atoms with van der Waals surface area (Å²) in [6, 6.07) is 13.6. The number of hydrogen-bond donors (Lipinski definition) is 3. The van der Waals surface area contributed by atoms with Gasteiger partial charge in [-0.3, -0.25) is 24.1 Å². The topological polar surface area (TPSA) is 182 Å². The molecule has 0 unspecified atom stereocenters. The van der Waals surface area contributed by atoms with E-state index in [1.807, 2.05) is 54.6 Å². The number of hydrogen-bond acceptors (Lipinski definition) is 10. The predicted molar refractivity (Wildman–Crippen MR) is 203 cm³/mol. The number of sulfonamides is 1. The van der Waals surface area contributed by atoms with E-state index in [0.717, 1.165) is 22.3 Å². The van der Waals surface area contributed by atoms with Crippen molar-refractivity contribution in [3.63, 3.8) is 0 Å². The average Bonchev–Trinajstić information content (AvgIpc) is 4.04. The van der Waals surface area contributed by atoms with Gasteiger partial charge in [0.05, 0.1) is 17.1 Å². The second-order valence-electron chi connectivity index (χ2n) is 15.8. The van der Waals surface area contributed by atoms with Crippen molar-refractivity contribution in [2.24, 2.45) is 22.9 Å². The van der Waals surface area contributed by atoms with Crippen molar-refractivity contribution in [3.05, 3.63) is 78.4 Å². The largest absolute Gasteiger partial charge is 0.490 e. The minimum atomic E-state index is -3.90. The van der Waals surface area contributed by atoms with Gasteiger partial charge in [-0.05, 0) is 95.0 Å². The Morgan fingerprint density at radius 2 is 1.78 bits per heavy atom. The first-order valence-electron chi connectivity index (χ1n) is 18.8. The Kier molecular flexibility index (Phi) is 10.3. The molecule has 3 N–H and O–H groups in total. The van der Waals surface area contributed by atoms with Crippen LogP contribution in [0.5, 0.6) is 5.75 Å². The molecule has 3 fully saturated rings. The van der Waals surface area contributed by atoms with E-state index in [0.29, 0.717) is 43.8 Å². The first-order valence-corrected chi connectivity index (χ1v) is 20.3. The Morgan fingerprint density at radius 1 is 1.04 bits per heavy atom. The number of fused-ring (bicyclic) bond motifs is 6. The smallest absolute Gasteiger partial charge is 0.426 e. The van der Waals surface area contributed by atoms with Gasteiger partial charge < -0.3 is 19.6 Å². The maximum atomic E-state index is 14.5. The van der Waals surface area contributed by atoms with Gasteiger partial charge in [0, 0.05) is 23.6 Å². The molecule has 4 aliphatic carbocycles. The molecule has 7 rings (SSSR count). The fourth-order valence-corrected chi connectivity index (χ4v) is 8.90. The number of carbonyl (C=O) groups is 4. The van der Waals surface area contributed by atoms with E-state index < -0.39 is 74.1 Å². The van der Waals surface area contributed by atoms with Crippen molar-refractivity contribution in [1.29, 1.82) is 0 Å². The summed E-state index contributed by atoms with van der Waals surface area (Å²) in [4.78, 5) is 61.6. The molecular formula is C40H47N5O9S. The lowest BCUT2D eigenvalue weighted by atomic mass is 9.93. The lowest BCUT2D eigenvalue weighted by Crippen LogP contribution is -2.55. The van der Waals surface area contributed by atoms with Gasteiger partial charge in [0.2, 0.25) is 21.8 Å². The molecule has 0 saturated heterocycles. The Labute approximate surface area is 320 Å². The van der Waals surface area contributed by atoms with E-state index >= 15 is 0 Å². The van der Waals surface area contributed by atoms with Crippen LogP contribution in [0.4, 0.5) is 4.79 Å². The second-order valence-corrected chi connectivity index (χ2v) is 17.8. The summed E-state index contributed by atoms with van der Waals surface area (Å²) in [5, 5.41) is 8.00. The highest BCUT2D eigenvalue weighted by Gasteiger charge is 2.62. The molecule has 0 aromatic heterocycles. The van der Waals surface area contributed by atoms with Crippen LogP contribution in [0, 0.1) is 17.8 Å². The first-order chi connectivity index (χ1) is 26.2. The molecule has 1 aliphatic heterocycles. The molecule has 5 atom stereocenters. The molecular weight excluding hydrogens is 727 g/mol. The number of hydrazine groups is 1. The molecule has 2 aromatic carbocycles. The van der Waals surface area contributed by atoms with E-state index in [-0.39, 0.29) is 25.8 Å². The molecule has 55 heavy (non-hydrogen) atoms. The highest BCUT2D eigenvalue weighted by atomic mass is 32.2. The molecule has 292 valence electrons. The van der Waals surface area contributed by atoms with E-state index in [1.54, 1.807) is 20.8 Å². The highest BCUT2D eigenvalue weighted by Crippen LogP contribution is 2.47. The lowest BCUT2D eigenvalue weighted by Gasteiger charge is -2.30. The van der Waals surface area contributed by atoms with Crippen LogP contribution in [0.2, 0.25) is 0 Å². The van der Waals surface area contributed by atoms with Crippen molar-refractivity contribution < 1.29 is 41.9 Å². The number of benzene rings is 2. The number of carbonyl (C=O) groups excluding carboxylic acids is 4. The molecule has 15 heteroatoms. The zero-order valence-corrected chi connectivity index (χ0v) is 32.0. The number of nitrogens with zero attached hydrogens (tertiary/aromatic N) is 2. The van der Waals surface area contributed by atoms with E-state index in [1.165, 1.54) is 11.1 Å². The summed E-state index contributed by atoms with van der Waals surface area (Å²) in [6.45, 7) is 9.32. The molecule has 1 heterocycles. The molecule has 3 saturated carbocycles. The number of rotatable bonds is 7. The van der Waals surface area contributed by atoms with E-state index in [2.05, 4.69) is 27.2 Å². The van der Waals surface area contributed by atoms with Crippen molar-refractivity contribution in [1.82, 2.24) is 20.5 Å². The Morgan fingerprint density at radius 3 is 2.49 bits per heavy atom. The molecule has 5 aliphatic rings. The SMILES string of the molecule is C=C[C@@H]1C[C@]1(NC(=O)[C@@H]1C[C@@H]2C[C@H]1C(=O)N(NC(=O)OC(C)(C)C)CCC/C=C/COc1ccc3c(c1)/C(=N/O2)c1ccccc1-3)C(=O)NS(=O)(=O)C1CC1. The molecule has 4 amide bonds. The molecule has 2 aromatic rings. The zero-order chi connectivity index (χ0) is 39.1. The second kappa shape index (κ2) is 14.8. The third-order valence-corrected chi connectivity index (χ3v) is 12.4. The summed E-state index contributed by atoms with van der Waals surface area (Å²) in [5.74, 6) is -3.89. The van der Waals surface area contributed by atoms with Gasteiger partial charge in [-0.15, -0.1) is 6.58 Å². The van der Waals surface area contributed by atoms with Gasteiger partial charge in [0.1, 0.15) is 35.3 Å². The quantitative estimate of drug-likeness (QED) is 0.292. The number of nitrogens with one attached hydrogen (secondary N) is 3. The number of ether oxygens (including phenoxy) is 2. The fourth-order valence-electron chi connectivity index (χ4n) is 7.54. The normalized spacial score (nSPS) is 27.7. The van der Waals surface area contributed by atoms with E-state index in [9.17, 15) is 27.6 Å². The Hall–Kier alpha value is -5.18. The lowest BCUT2D eigenvalue weighted by molar-refractivity contribution is -0.144. The average molecular weight is 774 g/mol. The van der Waals surface area contributed by atoms with Crippen molar-refractivity contribution >= 4 is 39.5 Å². The third kappa shape index (κ3) is 8.12. The zero-order valence-electron chi connectivity index (χ0n) is 31.2. The van der Waals surface area contributed by atoms with Crippen LogP contribution >= 0.6 is 0 Å². The van der Waals surface area contributed by atoms with Gasteiger partial charge in [0.25, 0.3) is 5.91 Å². The number of amides is 4. The van der Waals surface area contributed by atoms with Crippen LogP contribution in [-0.2, 0) is 34.0 Å². The van der Waals surface area contributed by atoms with Gasteiger partial charge in [-0.2, -0.15) is 0 Å². The van der Waals surface area contributed by atoms with Crippen LogP contribution in [0.15, 0.2) is 72.4 Å². The van der Waals surface area contributed by atoms with Gasteiger partial charge >= 0.3 is 6.09 Å². The number of oxime groups is 1. The van der Waals surface area contributed by atoms with Crippen LogP contribution in [0.1, 0.15) is 76.8 Å². The summed E-state index contributed by atoms with van der Waals surface area (Å²) in [5.41, 5.74) is 4.40. The summed E-state index contributed by atoms with van der Waals surface area (Å²) in [6.07, 6.45) is 5.99. The summed E-state index contributed by atoms with van der Waals surface area (Å²) < 4.78 is 39.1. The maximum absolute atomic E-state index is 14.5. The van der Waals surface area contributed by atoms with Crippen molar-refractivity contribution in [2.75, 3.05) is 13.2 Å². The summed E-state index contributed by atoms with van der Waals surface area (Å²) >= 11 is 0. The monoisotopic (exact) mass is 773 g/mol. The fraction of sp³-hybridized carbons (Fsp3) is 0.475. The van der Waals surface area contributed by atoms with Crippen molar-refractivity contribution in [3.8, 4) is 16.9 Å². The van der Waals surface area contributed by atoms with Crippen LogP contribution < -0.4 is 20.2 Å². The minimum absolute atomic E-state index is 0.0521. The van der Waals surface area contributed by atoms with Crippen LogP contribution in [0.3, 0.4) is 0 Å². The predicted octanol–water partition coefficient (Wildman–Crippen LogP) is 4.50. The molecule has 0 spiro atoms. The minimum Gasteiger partial charge on any atom is -0.490 e. The van der Waals surface area contributed by atoms with Crippen LogP contribution in [0.25, 0.3) is 11.1 Å². The first kappa shape index (κ1) is 38.1. The van der Waals surface area contributed by atoms with Gasteiger partial charge in [-0.25, -0.2) is 18.6 Å². The molecule has 0 radical (unpaired) electrons. The summed E-state index contributed by atoms with van der Waals surface area (Å²) in [7, 11) is -3.90. The van der Waals surface area contributed by atoms with Gasteiger partial charge in [-0.1, -0.05) is 47.6 Å². The third-order valence-electron chi connectivity index (χ3n) is 10.6. The maximum Gasteiger partial charge on any atom is 0.426 e. The Bertz CT molecular complexity index is 2070. The van der Waals surface area contributed by atoms with Crippen LogP contribution in [-0.4, -0.2) is 78.6 Å². The molecule has 14 nitrogen and oxygen atoms in total.